The first-order valence-electron chi connectivity index (χ1n) is 8.92. The SMILES string of the molecule is COc1cccc(C2CCCN(CC3Cc4ccccc4O3)C2)c1.Cl. The number of para-hydroxylation sites is 1. The summed E-state index contributed by atoms with van der Waals surface area (Å²) in [5.74, 6) is 2.63. The number of rotatable bonds is 4. The average molecular weight is 360 g/mol. The number of benzene rings is 2. The summed E-state index contributed by atoms with van der Waals surface area (Å²) < 4.78 is 11.5. The van der Waals surface area contributed by atoms with Gasteiger partial charge in [0, 0.05) is 19.5 Å². The number of fused-ring (bicyclic) bond motifs is 1. The quantitative estimate of drug-likeness (QED) is 0.812. The molecule has 4 heteroatoms. The zero-order valence-electron chi connectivity index (χ0n) is 14.7. The van der Waals surface area contributed by atoms with Gasteiger partial charge >= 0.3 is 0 Å². The van der Waals surface area contributed by atoms with Gasteiger partial charge < -0.3 is 9.47 Å². The molecule has 134 valence electrons. The average Bonchev–Trinajstić information content (AvgIpc) is 3.04. The second-order valence-electron chi connectivity index (χ2n) is 6.93. The third-order valence-corrected chi connectivity index (χ3v) is 5.25. The van der Waals surface area contributed by atoms with Gasteiger partial charge in [-0.25, -0.2) is 0 Å². The van der Waals surface area contributed by atoms with Crippen molar-refractivity contribution in [1.29, 1.82) is 0 Å². The van der Waals surface area contributed by atoms with E-state index in [1.54, 1.807) is 7.11 Å². The van der Waals surface area contributed by atoms with E-state index in [-0.39, 0.29) is 12.4 Å². The highest BCUT2D eigenvalue weighted by Gasteiger charge is 2.28. The molecule has 1 saturated heterocycles. The fraction of sp³-hybridized carbons (Fsp3) is 0.429. The van der Waals surface area contributed by atoms with Crippen molar-refractivity contribution in [1.82, 2.24) is 4.90 Å². The number of likely N-dealkylation sites (tertiary alicyclic amines) is 1. The number of piperidine rings is 1. The van der Waals surface area contributed by atoms with Crippen LogP contribution in [0.3, 0.4) is 0 Å². The molecule has 2 aliphatic rings. The first-order chi connectivity index (χ1) is 11.8. The molecule has 2 atom stereocenters. The maximum absolute atomic E-state index is 6.13. The van der Waals surface area contributed by atoms with Crippen molar-refractivity contribution in [3.8, 4) is 11.5 Å². The fourth-order valence-electron chi connectivity index (χ4n) is 4.03. The van der Waals surface area contributed by atoms with E-state index in [0.717, 1.165) is 31.0 Å². The summed E-state index contributed by atoms with van der Waals surface area (Å²) in [6, 6.07) is 17.0. The molecule has 0 saturated carbocycles. The molecule has 2 unspecified atom stereocenters. The van der Waals surface area contributed by atoms with Crippen LogP contribution in [0.15, 0.2) is 48.5 Å². The van der Waals surface area contributed by atoms with E-state index in [1.807, 2.05) is 6.07 Å². The standard InChI is InChI=1S/C21H25NO2.ClH/c1-23-19-9-4-7-16(12-19)18-8-5-11-22(14-18)15-20-13-17-6-2-3-10-21(17)24-20;/h2-4,6-7,9-10,12,18,20H,5,8,11,13-15H2,1H3;1H. The summed E-state index contributed by atoms with van der Waals surface area (Å²) in [6.07, 6.45) is 3.85. The lowest BCUT2D eigenvalue weighted by atomic mass is 9.90. The van der Waals surface area contributed by atoms with Gasteiger partial charge in [0.1, 0.15) is 17.6 Å². The van der Waals surface area contributed by atoms with E-state index in [9.17, 15) is 0 Å². The summed E-state index contributed by atoms with van der Waals surface area (Å²) in [6.45, 7) is 3.31. The Morgan fingerprint density at radius 1 is 1.16 bits per heavy atom. The number of ether oxygens (including phenoxy) is 2. The van der Waals surface area contributed by atoms with E-state index in [1.165, 1.54) is 30.5 Å². The van der Waals surface area contributed by atoms with Crippen LogP contribution in [0, 0.1) is 0 Å². The summed E-state index contributed by atoms with van der Waals surface area (Å²) in [7, 11) is 1.74. The zero-order valence-corrected chi connectivity index (χ0v) is 15.5. The number of hydrogen-bond donors (Lipinski definition) is 0. The number of halogens is 1. The minimum Gasteiger partial charge on any atom is -0.497 e. The molecule has 3 nitrogen and oxygen atoms in total. The minimum absolute atomic E-state index is 0. The van der Waals surface area contributed by atoms with E-state index >= 15 is 0 Å². The highest BCUT2D eigenvalue weighted by atomic mass is 35.5. The lowest BCUT2D eigenvalue weighted by molar-refractivity contribution is 0.126. The van der Waals surface area contributed by atoms with Gasteiger partial charge in [-0.05, 0) is 54.6 Å². The summed E-state index contributed by atoms with van der Waals surface area (Å²) in [4.78, 5) is 2.57. The predicted octanol–water partition coefficient (Wildman–Crippen LogP) is 4.30. The monoisotopic (exact) mass is 359 g/mol. The predicted molar refractivity (Wildman–Crippen MR) is 103 cm³/mol. The first kappa shape index (κ1) is 18.1. The van der Waals surface area contributed by atoms with Gasteiger partial charge in [-0.1, -0.05) is 30.3 Å². The van der Waals surface area contributed by atoms with Crippen molar-refractivity contribution in [2.24, 2.45) is 0 Å². The Hall–Kier alpha value is -1.71. The molecule has 2 aliphatic heterocycles. The van der Waals surface area contributed by atoms with Gasteiger partial charge in [0.15, 0.2) is 0 Å². The van der Waals surface area contributed by atoms with Crippen molar-refractivity contribution >= 4 is 12.4 Å². The highest BCUT2D eigenvalue weighted by molar-refractivity contribution is 5.85. The smallest absolute Gasteiger partial charge is 0.123 e. The summed E-state index contributed by atoms with van der Waals surface area (Å²) in [5.41, 5.74) is 2.75. The van der Waals surface area contributed by atoms with Gasteiger partial charge in [-0.3, -0.25) is 4.90 Å². The molecular weight excluding hydrogens is 334 g/mol. The Morgan fingerprint density at radius 3 is 2.88 bits per heavy atom. The molecule has 25 heavy (non-hydrogen) atoms. The molecule has 0 radical (unpaired) electrons. The van der Waals surface area contributed by atoms with Crippen molar-refractivity contribution in [3.63, 3.8) is 0 Å². The summed E-state index contributed by atoms with van der Waals surface area (Å²) in [5, 5.41) is 0. The van der Waals surface area contributed by atoms with Crippen molar-refractivity contribution < 1.29 is 9.47 Å². The maximum atomic E-state index is 6.13. The van der Waals surface area contributed by atoms with Gasteiger partial charge in [0.05, 0.1) is 7.11 Å². The summed E-state index contributed by atoms with van der Waals surface area (Å²) >= 11 is 0. The lowest BCUT2D eigenvalue weighted by Gasteiger charge is -2.34. The maximum Gasteiger partial charge on any atom is 0.123 e. The minimum atomic E-state index is 0. The van der Waals surface area contributed by atoms with E-state index in [0.29, 0.717) is 12.0 Å². The van der Waals surface area contributed by atoms with Crippen LogP contribution in [0.5, 0.6) is 11.5 Å². The molecule has 4 rings (SSSR count). The van der Waals surface area contributed by atoms with Crippen LogP contribution in [0.1, 0.15) is 29.9 Å². The second kappa shape index (κ2) is 8.11. The van der Waals surface area contributed by atoms with Crippen LogP contribution in [0.25, 0.3) is 0 Å². The van der Waals surface area contributed by atoms with Crippen LogP contribution >= 0.6 is 12.4 Å². The molecule has 2 aromatic carbocycles. The van der Waals surface area contributed by atoms with E-state index in [2.05, 4.69) is 47.4 Å². The zero-order chi connectivity index (χ0) is 16.4. The van der Waals surface area contributed by atoms with Crippen molar-refractivity contribution in [3.05, 3.63) is 59.7 Å². The normalized spacial score (nSPS) is 22.6. The largest absolute Gasteiger partial charge is 0.497 e. The van der Waals surface area contributed by atoms with Crippen LogP contribution in [-0.2, 0) is 6.42 Å². The topological polar surface area (TPSA) is 21.7 Å². The molecule has 2 heterocycles. The molecule has 0 spiro atoms. The molecule has 2 aromatic rings. The number of nitrogens with zero attached hydrogens (tertiary/aromatic N) is 1. The molecule has 0 bridgehead atoms. The van der Waals surface area contributed by atoms with Crippen molar-refractivity contribution in [2.75, 3.05) is 26.7 Å². The van der Waals surface area contributed by atoms with Gasteiger partial charge in [0.2, 0.25) is 0 Å². The van der Waals surface area contributed by atoms with Gasteiger partial charge in [-0.15, -0.1) is 12.4 Å². The molecule has 0 aliphatic carbocycles. The third kappa shape index (κ3) is 4.10. The van der Waals surface area contributed by atoms with Gasteiger partial charge in [-0.2, -0.15) is 0 Å². The van der Waals surface area contributed by atoms with Crippen LogP contribution in [0.2, 0.25) is 0 Å². The molecular formula is C21H26ClNO2. The Morgan fingerprint density at radius 2 is 2.04 bits per heavy atom. The highest BCUT2D eigenvalue weighted by Crippen LogP contribution is 2.32. The van der Waals surface area contributed by atoms with Crippen molar-refractivity contribution in [2.45, 2.75) is 31.3 Å². The molecule has 1 fully saturated rings. The Labute approximate surface area is 156 Å². The number of methoxy groups -OCH3 is 1. The Bertz CT molecular complexity index is 681. The van der Waals surface area contributed by atoms with Crippen LogP contribution in [0.4, 0.5) is 0 Å². The first-order valence-corrected chi connectivity index (χ1v) is 8.92. The molecule has 0 N–H and O–H groups in total. The third-order valence-electron chi connectivity index (χ3n) is 5.25. The lowest BCUT2D eigenvalue weighted by Crippen LogP contribution is -2.40. The molecule has 0 aromatic heterocycles. The molecule has 0 amide bonds. The Balaban J connectivity index is 0.00000182. The van der Waals surface area contributed by atoms with Crippen LogP contribution < -0.4 is 9.47 Å². The van der Waals surface area contributed by atoms with E-state index < -0.39 is 0 Å². The van der Waals surface area contributed by atoms with E-state index in [4.69, 9.17) is 9.47 Å². The van der Waals surface area contributed by atoms with Gasteiger partial charge in [0.25, 0.3) is 0 Å². The fourth-order valence-corrected chi connectivity index (χ4v) is 4.03. The Kier molecular flexibility index (Phi) is 5.87. The van der Waals surface area contributed by atoms with Crippen LogP contribution in [-0.4, -0.2) is 37.7 Å². The number of hydrogen-bond acceptors (Lipinski definition) is 3. The second-order valence-corrected chi connectivity index (χ2v) is 6.93.